The summed E-state index contributed by atoms with van der Waals surface area (Å²) in [6, 6.07) is 4.56. The van der Waals surface area contributed by atoms with Crippen molar-refractivity contribution in [1.82, 2.24) is 9.97 Å². The standard InChI is InChI=1S/C16H16F2N4O2/c17-12-4-3-10(8-13(12)18)21-15(23)14-5-6-19-16(22-14)20-9-11-2-1-7-24-11/h3-6,8,11H,1-2,7,9H2,(H,21,23)(H,19,20,22). The number of hydrogen-bond acceptors (Lipinski definition) is 5. The average Bonchev–Trinajstić information content (AvgIpc) is 3.10. The first-order valence-electron chi connectivity index (χ1n) is 7.57. The van der Waals surface area contributed by atoms with Crippen LogP contribution in [-0.4, -0.2) is 35.1 Å². The van der Waals surface area contributed by atoms with Gasteiger partial charge in [0.15, 0.2) is 11.6 Å². The molecule has 0 bridgehead atoms. The van der Waals surface area contributed by atoms with Crippen LogP contribution in [0, 0.1) is 11.6 Å². The van der Waals surface area contributed by atoms with E-state index in [1.54, 1.807) is 0 Å². The number of ether oxygens (including phenoxy) is 1. The van der Waals surface area contributed by atoms with Gasteiger partial charge in [-0.1, -0.05) is 0 Å². The van der Waals surface area contributed by atoms with Crippen molar-refractivity contribution in [2.75, 3.05) is 23.8 Å². The molecule has 0 spiro atoms. The number of nitrogens with zero attached hydrogens (tertiary/aromatic N) is 2. The van der Waals surface area contributed by atoms with E-state index in [-0.39, 0.29) is 17.5 Å². The van der Waals surface area contributed by atoms with Gasteiger partial charge in [-0.2, -0.15) is 0 Å². The highest BCUT2D eigenvalue weighted by atomic mass is 19.2. The molecule has 0 radical (unpaired) electrons. The molecule has 2 N–H and O–H groups in total. The maximum atomic E-state index is 13.2. The van der Waals surface area contributed by atoms with Gasteiger partial charge in [-0.25, -0.2) is 18.7 Å². The molecule has 1 aromatic carbocycles. The second-order valence-corrected chi connectivity index (χ2v) is 5.36. The molecular formula is C16H16F2N4O2. The van der Waals surface area contributed by atoms with Gasteiger partial charge in [0.25, 0.3) is 5.91 Å². The summed E-state index contributed by atoms with van der Waals surface area (Å²) in [5.74, 6) is -2.24. The zero-order chi connectivity index (χ0) is 16.9. The van der Waals surface area contributed by atoms with Crippen LogP contribution in [0.15, 0.2) is 30.5 Å². The van der Waals surface area contributed by atoms with Gasteiger partial charge in [0.1, 0.15) is 5.69 Å². The smallest absolute Gasteiger partial charge is 0.274 e. The van der Waals surface area contributed by atoms with Crippen LogP contribution in [0.1, 0.15) is 23.3 Å². The van der Waals surface area contributed by atoms with Gasteiger partial charge in [-0.3, -0.25) is 4.79 Å². The monoisotopic (exact) mass is 334 g/mol. The Bertz CT molecular complexity index is 736. The van der Waals surface area contributed by atoms with E-state index in [1.165, 1.54) is 18.3 Å². The van der Waals surface area contributed by atoms with E-state index in [2.05, 4.69) is 20.6 Å². The van der Waals surface area contributed by atoms with Crippen LogP contribution in [0.2, 0.25) is 0 Å². The summed E-state index contributed by atoms with van der Waals surface area (Å²) in [4.78, 5) is 20.3. The second-order valence-electron chi connectivity index (χ2n) is 5.36. The lowest BCUT2D eigenvalue weighted by molar-refractivity contribution is 0.102. The average molecular weight is 334 g/mol. The predicted octanol–water partition coefficient (Wildman–Crippen LogP) is 2.60. The molecule has 1 aliphatic rings. The van der Waals surface area contributed by atoms with Crippen molar-refractivity contribution < 1.29 is 18.3 Å². The number of benzene rings is 1. The summed E-state index contributed by atoms with van der Waals surface area (Å²) in [7, 11) is 0. The molecule has 2 heterocycles. The summed E-state index contributed by atoms with van der Waals surface area (Å²) in [5.41, 5.74) is 0.260. The maximum absolute atomic E-state index is 13.2. The lowest BCUT2D eigenvalue weighted by Gasteiger charge is -2.11. The molecule has 1 atom stereocenters. The van der Waals surface area contributed by atoms with Gasteiger partial charge in [-0.05, 0) is 31.0 Å². The molecule has 8 heteroatoms. The molecule has 24 heavy (non-hydrogen) atoms. The normalized spacial score (nSPS) is 16.8. The van der Waals surface area contributed by atoms with Crippen LogP contribution in [0.3, 0.4) is 0 Å². The Hall–Kier alpha value is -2.61. The molecule has 1 saturated heterocycles. The van der Waals surface area contributed by atoms with E-state index in [0.717, 1.165) is 31.6 Å². The summed E-state index contributed by atoms with van der Waals surface area (Å²) in [5, 5.41) is 5.49. The van der Waals surface area contributed by atoms with E-state index in [0.29, 0.717) is 12.5 Å². The van der Waals surface area contributed by atoms with Crippen molar-refractivity contribution in [3.8, 4) is 0 Å². The lowest BCUT2D eigenvalue weighted by atomic mass is 10.2. The van der Waals surface area contributed by atoms with Crippen LogP contribution >= 0.6 is 0 Å². The van der Waals surface area contributed by atoms with Crippen LogP contribution in [0.5, 0.6) is 0 Å². The quantitative estimate of drug-likeness (QED) is 0.879. The Labute approximate surface area is 137 Å². The molecule has 126 valence electrons. The largest absolute Gasteiger partial charge is 0.376 e. The van der Waals surface area contributed by atoms with E-state index in [9.17, 15) is 13.6 Å². The van der Waals surface area contributed by atoms with Gasteiger partial charge in [0.2, 0.25) is 5.95 Å². The highest BCUT2D eigenvalue weighted by Gasteiger charge is 2.16. The fourth-order valence-corrected chi connectivity index (χ4v) is 2.35. The van der Waals surface area contributed by atoms with Crippen molar-refractivity contribution in [3.63, 3.8) is 0 Å². The molecule has 1 unspecified atom stereocenters. The number of carbonyl (C=O) groups excluding carboxylic acids is 1. The molecule has 6 nitrogen and oxygen atoms in total. The van der Waals surface area contributed by atoms with Crippen molar-refractivity contribution in [2.24, 2.45) is 0 Å². The summed E-state index contributed by atoms with van der Waals surface area (Å²) >= 11 is 0. The van der Waals surface area contributed by atoms with Gasteiger partial charge in [0, 0.05) is 31.1 Å². The number of anilines is 2. The van der Waals surface area contributed by atoms with Crippen molar-refractivity contribution in [2.45, 2.75) is 18.9 Å². The molecule has 1 fully saturated rings. The number of hydrogen-bond donors (Lipinski definition) is 2. The van der Waals surface area contributed by atoms with Crippen LogP contribution in [0.25, 0.3) is 0 Å². The lowest BCUT2D eigenvalue weighted by Crippen LogP contribution is -2.21. The number of halogens is 2. The summed E-state index contributed by atoms with van der Waals surface area (Å²) < 4.78 is 31.6. The highest BCUT2D eigenvalue weighted by molar-refractivity contribution is 6.02. The Morgan fingerprint density at radius 1 is 1.29 bits per heavy atom. The third kappa shape index (κ3) is 4.02. The minimum absolute atomic E-state index is 0.115. The molecule has 1 aromatic heterocycles. The van der Waals surface area contributed by atoms with E-state index in [1.807, 2.05) is 0 Å². The highest BCUT2D eigenvalue weighted by Crippen LogP contribution is 2.15. The maximum Gasteiger partial charge on any atom is 0.274 e. The minimum Gasteiger partial charge on any atom is -0.376 e. The van der Waals surface area contributed by atoms with Crippen LogP contribution in [-0.2, 0) is 4.74 Å². The van der Waals surface area contributed by atoms with E-state index in [4.69, 9.17) is 4.74 Å². The van der Waals surface area contributed by atoms with Crippen LogP contribution in [0.4, 0.5) is 20.4 Å². The number of rotatable bonds is 5. The fraction of sp³-hybridized carbons (Fsp3) is 0.312. The summed E-state index contributed by atoms with van der Waals surface area (Å²) in [6.45, 7) is 1.32. The molecule has 0 aliphatic carbocycles. The Morgan fingerprint density at radius 3 is 2.92 bits per heavy atom. The third-order valence-corrected chi connectivity index (χ3v) is 3.58. The fourth-order valence-electron chi connectivity index (χ4n) is 2.35. The molecule has 1 aliphatic heterocycles. The first-order chi connectivity index (χ1) is 11.6. The number of amides is 1. The van der Waals surface area contributed by atoms with E-state index < -0.39 is 17.5 Å². The topological polar surface area (TPSA) is 76.1 Å². The molecule has 1 amide bonds. The number of nitrogens with one attached hydrogen (secondary N) is 2. The van der Waals surface area contributed by atoms with Crippen LogP contribution < -0.4 is 10.6 Å². The van der Waals surface area contributed by atoms with Crippen molar-refractivity contribution in [3.05, 3.63) is 47.8 Å². The first kappa shape index (κ1) is 16.3. The molecular weight excluding hydrogens is 318 g/mol. The molecule has 0 saturated carbocycles. The zero-order valence-corrected chi connectivity index (χ0v) is 12.8. The molecule has 3 rings (SSSR count). The SMILES string of the molecule is O=C(Nc1ccc(F)c(F)c1)c1ccnc(NCC2CCCO2)n1. The number of carbonyl (C=O) groups is 1. The van der Waals surface area contributed by atoms with Gasteiger partial charge < -0.3 is 15.4 Å². The third-order valence-electron chi connectivity index (χ3n) is 3.58. The summed E-state index contributed by atoms with van der Waals surface area (Å²) in [6.07, 6.45) is 3.58. The zero-order valence-electron chi connectivity index (χ0n) is 12.8. The second kappa shape index (κ2) is 7.31. The Balaban J connectivity index is 1.63. The Kier molecular flexibility index (Phi) is 4.95. The van der Waals surface area contributed by atoms with Gasteiger partial charge in [-0.15, -0.1) is 0 Å². The molecule has 2 aromatic rings. The van der Waals surface area contributed by atoms with E-state index >= 15 is 0 Å². The number of aromatic nitrogens is 2. The van der Waals surface area contributed by atoms with Crippen molar-refractivity contribution in [1.29, 1.82) is 0 Å². The minimum atomic E-state index is -1.03. The van der Waals surface area contributed by atoms with Gasteiger partial charge in [0.05, 0.1) is 6.10 Å². The Morgan fingerprint density at radius 2 is 2.17 bits per heavy atom. The predicted molar refractivity (Wildman–Crippen MR) is 83.8 cm³/mol. The van der Waals surface area contributed by atoms with Gasteiger partial charge >= 0.3 is 0 Å². The van der Waals surface area contributed by atoms with Crippen molar-refractivity contribution >= 4 is 17.5 Å². The first-order valence-corrected chi connectivity index (χ1v) is 7.57.